The third-order valence-electron chi connectivity index (χ3n) is 3.39. The molecule has 1 aromatic rings. The largest absolute Gasteiger partial charge is 0.479 e. The number of aromatic nitrogens is 2. The van der Waals surface area contributed by atoms with Gasteiger partial charge in [-0.25, -0.2) is 4.79 Å². The normalized spacial score (nSPS) is 23.4. The number of aliphatic hydroxyl groups is 1. The number of aryl methyl sites for hydroxylation is 1. The Hall–Kier alpha value is -1.89. The second kappa shape index (κ2) is 5.00. The molecule has 7 heteroatoms. The summed E-state index contributed by atoms with van der Waals surface area (Å²) in [5, 5.41) is 23.0. The zero-order chi connectivity index (χ0) is 14.0. The molecule has 1 aliphatic heterocycles. The van der Waals surface area contributed by atoms with E-state index in [0.717, 1.165) is 0 Å². The first kappa shape index (κ1) is 13.5. The van der Waals surface area contributed by atoms with Crippen LogP contribution in [0.15, 0.2) is 12.3 Å². The second-order valence-corrected chi connectivity index (χ2v) is 4.70. The molecule has 0 bridgehead atoms. The van der Waals surface area contributed by atoms with Gasteiger partial charge in [-0.2, -0.15) is 5.10 Å². The quantitative estimate of drug-likeness (QED) is 0.800. The fourth-order valence-electron chi connectivity index (χ4n) is 2.31. The van der Waals surface area contributed by atoms with Crippen molar-refractivity contribution in [3.8, 4) is 0 Å². The lowest BCUT2D eigenvalue weighted by molar-refractivity contribution is -0.163. The van der Waals surface area contributed by atoms with Gasteiger partial charge in [0, 0.05) is 19.3 Å². The predicted molar refractivity (Wildman–Crippen MR) is 65.6 cm³/mol. The van der Waals surface area contributed by atoms with E-state index in [1.54, 1.807) is 10.7 Å². The van der Waals surface area contributed by atoms with Crippen molar-refractivity contribution in [2.75, 3.05) is 13.1 Å². The summed E-state index contributed by atoms with van der Waals surface area (Å²) in [6, 6.07) is 1.60. The number of carboxylic acid groups (broad SMARTS) is 1. The Morgan fingerprint density at radius 1 is 1.53 bits per heavy atom. The van der Waals surface area contributed by atoms with Gasteiger partial charge in [-0.3, -0.25) is 9.48 Å². The summed E-state index contributed by atoms with van der Waals surface area (Å²) in [7, 11) is 0. The molecule has 0 radical (unpaired) electrons. The number of likely N-dealkylation sites (tertiary alicyclic amines) is 1. The molecule has 19 heavy (non-hydrogen) atoms. The second-order valence-electron chi connectivity index (χ2n) is 4.70. The van der Waals surface area contributed by atoms with E-state index in [1.165, 1.54) is 11.1 Å². The summed E-state index contributed by atoms with van der Waals surface area (Å²) in [6.45, 7) is 2.69. The Balaban J connectivity index is 2.18. The molecule has 1 amide bonds. The fraction of sp³-hybridized carbons (Fsp3) is 0.583. The Kier molecular flexibility index (Phi) is 3.57. The molecule has 0 aromatic carbocycles. The minimum Gasteiger partial charge on any atom is -0.479 e. The molecule has 104 valence electrons. The fourth-order valence-corrected chi connectivity index (χ4v) is 2.31. The van der Waals surface area contributed by atoms with E-state index in [9.17, 15) is 14.7 Å². The van der Waals surface area contributed by atoms with Crippen LogP contribution in [-0.4, -0.2) is 55.5 Å². The molecule has 1 aromatic heterocycles. The highest BCUT2D eigenvalue weighted by atomic mass is 16.4. The minimum atomic E-state index is -1.84. The van der Waals surface area contributed by atoms with Crippen molar-refractivity contribution in [3.63, 3.8) is 0 Å². The van der Waals surface area contributed by atoms with E-state index in [1.807, 2.05) is 6.92 Å². The lowest BCUT2D eigenvalue weighted by atomic mass is 9.93. The average molecular weight is 267 g/mol. The van der Waals surface area contributed by atoms with Gasteiger partial charge in [0.15, 0.2) is 5.60 Å². The molecule has 0 aliphatic carbocycles. The number of aliphatic carboxylic acids is 1. The highest BCUT2D eigenvalue weighted by Gasteiger charge is 2.42. The maximum atomic E-state index is 12.3. The molecule has 1 unspecified atom stereocenters. The van der Waals surface area contributed by atoms with Crippen LogP contribution in [0.1, 0.15) is 30.3 Å². The van der Waals surface area contributed by atoms with Crippen molar-refractivity contribution in [3.05, 3.63) is 18.0 Å². The molecular weight excluding hydrogens is 250 g/mol. The van der Waals surface area contributed by atoms with Crippen molar-refractivity contribution >= 4 is 11.9 Å². The Bertz CT molecular complexity index is 499. The molecule has 7 nitrogen and oxygen atoms in total. The lowest BCUT2D eigenvalue weighted by Crippen LogP contribution is -2.54. The zero-order valence-corrected chi connectivity index (χ0v) is 10.7. The Morgan fingerprint density at radius 2 is 2.26 bits per heavy atom. The highest BCUT2D eigenvalue weighted by molar-refractivity contribution is 5.93. The van der Waals surface area contributed by atoms with E-state index in [4.69, 9.17) is 5.11 Å². The summed E-state index contributed by atoms with van der Waals surface area (Å²) in [4.78, 5) is 24.7. The SMILES string of the molecule is CCn1nccc1C(=O)N1CCCC(O)(C(=O)O)C1. The van der Waals surface area contributed by atoms with Crippen LogP contribution >= 0.6 is 0 Å². The first-order valence-corrected chi connectivity index (χ1v) is 6.25. The number of hydrogen-bond donors (Lipinski definition) is 2. The number of piperidine rings is 1. The van der Waals surface area contributed by atoms with Gasteiger partial charge in [0.25, 0.3) is 5.91 Å². The number of carboxylic acids is 1. The number of carbonyl (C=O) groups excluding carboxylic acids is 1. The molecule has 0 spiro atoms. The molecular formula is C12H17N3O4. The van der Waals surface area contributed by atoms with Crippen LogP contribution in [0.25, 0.3) is 0 Å². The maximum absolute atomic E-state index is 12.3. The van der Waals surface area contributed by atoms with Gasteiger partial charge in [-0.1, -0.05) is 0 Å². The first-order chi connectivity index (χ1) is 8.98. The average Bonchev–Trinajstić information content (AvgIpc) is 2.86. The molecule has 2 heterocycles. The summed E-state index contributed by atoms with van der Waals surface area (Å²) in [5.74, 6) is -1.58. The van der Waals surface area contributed by atoms with E-state index < -0.39 is 11.6 Å². The number of β-amino-alcohol motifs (C(OH)–C–C–N with tert-alkyl or cyclic N) is 1. The number of rotatable bonds is 3. The van der Waals surface area contributed by atoms with Crippen LogP contribution in [0.3, 0.4) is 0 Å². The topological polar surface area (TPSA) is 95.7 Å². The van der Waals surface area contributed by atoms with E-state index >= 15 is 0 Å². The Morgan fingerprint density at radius 3 is 2.89 bits per heavy atom. The summed E-state index contributed by atoms with van der Waals surface area (Å²) in [5.41, 5.74) is -1.43. The van der Waals surface area contributed by atoms with Gasteiger partial charge in [0.05, 0.1) is 6.54 Å². The van der Waals surface area contributed by atoms with Gasteiger partial charge in [0.1, 0.15) is 5.69 Å². The van der Waals surface area contributed by atoms with Gasteiger partial charge >= 0.3 is 5.97 Å². The van der Waals surface area contributed by atoms with E-state index in [-0.39, 0.29) is 18.9 Å². The third-order valence-corrected chi connectivity index (χ3v) is 3.39. The Labute approximate surface area is 110 Å². The number of carbonyl (C=O) groups is 2. The van der Waals surface area contributed by atoms with E-state index in [2.05, 4.69) is 5.10 Å². The van der Waals surface area contributed by atoms with Crippen LogP contribution in [0, 0.1) is 0 Å². The van der Waals surface area contributed by atoms with Crippen molar-refractivity contribution in [1.82, 2.24) is 14.7 Å². The van der Waals surface area contributed by atoms with Crippen molar-refractivity contribution in [1.29, 1.82) is 0 Å². The lowest BCUT2D eigenvalue weighted by Gasteiger charge is -2.36. The summed E-state index contributed by atoms with van der Waals surface area (Å²) in [6.07, 6.45) is 2.16. The number of hydrogen-bond acceptors (Lipinski definition) is 4. The monoisotopic (exact) mass is 267 g/mol. The molecule has 1 saturated heterocycles. The predicted octanol–water partition coefficient (Wildman–Crippen LogP) is -0.0453. The van der Waals surface area contributed by atoms with Crippen LogP contribution in [0.4, 0.5) is 0 Å². The summed E-state index contributed by atoms with van der Waals surface area (Å²) < 4.78 is 1.55. The van der Waals surface area contributed by atoms with Gasteiger partial charge in [-0.15, -0.1) is 0 Å². The number of nitrogens with zero attached hydrogens (tertiary/aromatic N) is 3. The maximum Gasteiger partial charge on any atom is 0.337 e. The van der Waals surface area contributed by atoms with Crippen LogP contribution in [-0.2, 0) is 11.3 Å². The molecule has 1 atom stereocenters. The summed E-state index contributed by atoms with van der Waals surface area (Å²) >= 11 is 0. The van der Waals surface area contributed by atoms with Gasteiger partial charge in [0.2, 0.25) is 0 Å². The highest BCUT2D eigenvalue weighted by Crippen LogP contribution is 2.22. The van der Waals surface area contributed by atoms with Crippen LogP contribution in [0.5, 0.6) is 0 Å². The van der Waals surface area contributed by atoms with Crippen LogP contribution < -0.4 is 0 Å². The van der Waals surface area contributed by atoms with Crippen molar-refractivity contribution in [2.45, 2.75) is 31.9 Å². The van der Waals surface area contributed by atoms with Crippen LogP contribution in [0.2, 0.25) is 0 Å². The first-order valence-electron chi connectivity index (χ1n) is 6.25. The van der Waals surface area contributed by atoms with Gasteiger partial charge in [-0.05, 0) is 25.8 Å². The molecule has 2 rings (SSSR count). The molecule has 1 aliphatic rings. The number of amides is 1. The molecule has 1 fully saturated rings. The standard InChI is InChI=1S/C12H17N3O4/c1-2-15-9(4-6-13-15)10(16)14-7-3-5-12(19,8-14)11(17)18/h4,6,19H,2-3,5,7-8H2,1H3,(H,17,18). The van der Waals surface area contributed by atoms with Gasteiger partial charge < -0.3 is 15.1 Å². The zero-order valence-electron chi connectivity index (χ0n) is 10.7. The molecule has 0 saturated carbocycles. The smallest absolute Gasteiger partial charge is 0.337 e. The molecule has 2 N–H and O–H groups in total. The van der Waals surface area contributed by atoms with Crippen molar-refractivity contribution < 1.29 is 19.8 Å². The third kappa shape index (κ3) is 2.46. The van der Waals surface area contributed by atoms with E-state index in [0.29, 0.717) is 25.2 Å². The van der Waals surface area contributed by atoms with Crippen molar-refractivity contribution in [2.24, 2.45) is 0 Å². The minimum absolute atomic E-state index is 0.166.